The van der Waals surface area contributed by atoms with Crippen LogP contribution in [0.4, 0.5) is 5.69 Å². The summed E-state index contributed by atoms with van der Waals surface area (Å²) in [7, 11) is 0. The summed E-state index contributed by atoms with van der Waals surface area (Å²) < 4.78 is 0. The van der Waals surface area contributed by atoms with Crippen LogP contribution in [0.3, 0.4) is 0 Å². The van der Waals surface area contributed by atoms with Crippen LogP contribution in [0.15, 0.2) is 24.3 Å². The highest BCUT2D eigenvalue weighted by Crippen LogP contribution is 2.27. The van der Waals surface area contributed by atoms with Gasteiger partial charge in [0, 0.05) is 18.8 Å². The van der Waals surface area contributed by atoms with E-state index in [4.69, 9.17) is 5.73 Å². The van der Waals surface area contributed by atoms with E-state index >= 15 is 0 Å². The van der Waals surface area contributed by atoms with Gasteiger partial charge in [0.2, 0.25) is 11.8 Å². The molecule has 3 N–H and O–H groups in total. The molecule has 1 aromatic carbocycles. The molecule has 2 rings (SSSR count). The first-order valence-electron chi connectivity index (χ1n) is 6.01. The summed E-state index contributed by atoms with van der Waals surface area (Å²) >= 11 is 0. The van der Waals surface area contributed by atoms with Crippen molar-refractivity contribution in [3.05, 3.63) is 29.8 Å². The molecule has 0 saturated carbocycles. The Labute approximate surface area is 118 Å². The number of carbonyl (C=O) groups is 2. The van der Waals surface area contributed by atoms with Gasteiger partial charge in [-0.05, 0) is 18.6 Å². The Balaban J connectivity index is 0.00000180. The maximum Gasteiger partial charge on any atom is 0.236 e. The van der Waals surface area contributed by atoms with Crippen molar-refractivity contribution < 1.29 is 9.59 Å². The average Bonchev–Trinajstić information content (AvgIpc) is 2.65. The number of carbonyl (C=O) groups excluding carboxylic acids is 2. The molecule has 1 atom stereocenters. The summed E-state index contributed by atoms with van der Waals surface area (Å²) in [6, 6.07) is 7.19. The molecule has 0 aromatic heterocycles. The van der Waals surface area contributed by atoms with E-state index in [1.165, 1.54) is 0 Å². The lowest BCUT2D eigenvalue weighted by Crippen LogP contribution is -2.42. The molecule has 6 heteroatoms. The number of hydrogen-bond acceptors (Lipinski definition) is 3. The molecule has 1 aromatic rings. The molecule has 0 aliphatic carbocycles. The number of halogens is 1. The second kappa shape index (κ2) is 6.54. The molecule has 2 amide bonds. The molecule has 0 unspecified atom stereocenters. The van der Waals surface area contributed by atoms with Crippen LogP contribution in [-0.4, -0.2) is 30.9 Å². The fraction of sp³-hybridized carbons (Fsp3) is 0.385. The SMILES string of the molecule is C[C@H](N)C(=O)NCCN1C(=O)Cc2ccccc21.Cl. The molecule has 1 aliphatic heterocycles. The van der Waals surface area contributed by atoms with Crippen molar-refractivity contribution in [3.8, 4) is 0 Å². The van der Waals surface area contributed by atoms with Gasteiger partial charge in [-0.2, -0.15) is 0 Å². The number of anilines is 1. The van der Waals surface area contributed by atoms with Crippen LogP contribution in [-0.2, 0) is 16.0 Å². The van der Waals surface area contributed by atoms with E-state index in [1.54, 1.807) is 11.8 Å². The van der Waals surface area contributed by atoms with Gasteiger partial charge in [-0.25, -0.2) is 0 Å². The summed E-state index contributed by atoms with van der Waals surface area (Å²) in [6.45, 7) is 2.53. The summed E-state index contributed by atoms with van der Waals surface area (Å²) in [5.41, 5.74) is 7.43. The molecular weight excluding hydrogens is 266 g/mol. The fourth-order valence-electron chi connectivity index (χ4n) is 2.01. The topological polar surface area (TPSA) is 75.4 Å². The van der Waals surface area contributed by atoms with Crippen molar-refractivity contribution in [2.24, 2.45) is 5.73 Å². The van der Waals surface area contributed by atoms with E-state index in [9.17, 15) is 9.59 Å². The number of rotatable bonds is 4. The first-order chi connectivity index (χ1) is 8.59. The highest BCUT2D eigenvalue weighted by molar-refractivity contribution is 6.01. The molecule has 0 fully saturated rings. The highest BCUT2D eigenvalue weighted by Gasteiger charge is 2.26. The number of benzene rings is 1. The van der Waals surface area contributed by atoms with Gasteiger partial charge >= 0.3 is 0 Å². The second-order valence-corrected chi connectivity index (χ2v) is 4.43. The second-order valence-electron chi connectivity index (χ2n) is 4.43. The van der Waals surface area contributed by atoms with Gasteiger partial charge in [-0.1, -0.05) is 18.2 Å². The molecule has 1 aliphatic rings. The number of hydrogen-bond donors (Lipinski definition) is 2. The van der Waals surface area contributed by atoms with Crippen LogP contribution in [0.2, 0.25) is 0 Å². The number of fused-ring (bicyclic) bond motifs is 1. The molecule has 0 saturated heterocycles. The summed E-state index contributed by atoms with van der Waals surface area (Å²) in [5.74, 6) is -0.124. The number of nitrogens with two attached hydrogens (primary N) is 1. The molecule has 19 heavy (non-hydrogen) atoms. The maximum absolute atomic E-state index is 11.8. The lowest BCUT2D eigenvalue weighted by atomic mass is 10.2. The van der Waals surface area contributed by atoms with Crippen LogP contribution >= 0.6 is 12.4 Å². The Morgan fingerprint density at radius 3 is 2.84 bits per heavy atom. The normalized spacial score (nSPS) is 14.6. The number of para-hydroxylation sites is 1. The average molecular weight is 284 g/mol. The lowest BCUT2D eigenvalue weighted by molar-refractivity contribution is -0.122. The van der Waals surface area contributed by atoms with E-state index < -0.39 is 6.04 Å². The molecule has 0 bridgehead atoms. The van der Waals surface area contributed by atoms with Gasteiger partial charge in [0.15, 0.2) is 0 Å². The largest absolute Gasteiger partial charge is 0.353 e. The van der Waals surface area contributed by atoms with E-state index in [-0.39, 0.29) is 24.2 Å². The predicted octanol–water partition coefficient (Wildman–Crippen LogP) is 0.461. The monoisotopic (exact) mass is 283 g/mol. The Bertz CT molecular complexity index is 477. The van der Waals surface area contributed by atoms with Crippen molar-refractivity contribution in [3.63, 3.8) is 0 Å². The van der Waals surface area contributed by atoms with Crippen LogP contribution < -0.4 is 16.0 Å². The number of amides is 2. The van der Waals surface area contributed by atoms with Crippen molar-refractivity contribution >= 4 is 29.9 Å². The smallest absolute Gasteiger partial charge is 0.236 e. The van der Waals surface area contributed by atoms with Gasteiger partial charge in [0.05, 0.1) is 12.5 Å². The highest BCUT2D eigenvalue weighted by atomic mass is 35.5. The van der Waals surface area contributed by atoms with Gasteiger partial charge < -0.3 is 16.0 Å². The zero-order chi connectivity index (χ0) is 13.1. The summed E-state index contributed by atoms with van der Waals surface area (Å²) in [4.78, 5) is 24.8. The zero-order valence-electron chi connectivity index (χ0n) is 10.8. The third kappa shape index (κ3) is 3.45. The Kier molecular flexibility index (Phi) is 5.32. The minimum Gasteiger partial charge on any atom is -0.353 e. The van der Waals surface area contributed by atoms with Crippen LogP contribution in [0.25, 0.3) is 0 Å². The van der Waals surface area contributed by atoms with Gasteiger partial charge in [0.1, 0.15) is 0 Å². The quantitative estimate of drug-likeness (QED) is 0.843. The van der Waals surface area contributed by atoms with E-state index in [0.717, 1.165) is 11.3 Å². The molecule has 1 heterocycles. The van der Waals surface area contributed by atoms with Crippen LogP contribution in [0.1, 0.15) is 12.5 Å². The van der Waals surface area contributed by atoms with Crippen molar-refractivity contribution in [2.75, 3.05) is 18.0 Å². The first kappa shape index (κ1) is 15.5. The Morgan fingerprint density at radius 1 is 1.47 bits per heavy atom. The van der Waals surface area contributed by atoms with Crippen LogP contribution in [0, 0.1) is 0 Å². The minimum atomic E-state index is -0.522. The summed E-state index contributed by atoms with van der Waals surface area (Å²) in [5, 5.41) is 2.70. The molecule has 0 radical (unpaired) electrons. The number of nitrogens with one attached hydrogen (secondary N) is 1. The van der Waals surface area contributed by atoms with Crippen molar-refractivity contribution in [1.29, 1.82) is 0 Å². The summed E-state index contributed by atoms with van der Waals surface area (Å²) in [6.07, 6.45) is 0.442. The van der Waals surface area contributed by atoms with Crippen molar-refractivity contribution in [1.82, 2.24) is 5.32 Å². The fourth-order valence-corrected chi connectivity index (χ4v) is 2.01. The number of nitrogens with zero attached hydrogens (tertiary/aromatic N) is 1. The standard InChI is InChI=1S/C13H17N3O2.ClH/c1-9(14)13(18)15-6-7-16-11-5-3-2-4-10(11)8-12(16)17;/h2-5,9H,6-8,14H2,1H3,(H,15,18);1H/t9-;/m0./s1. The first-order valence-corrected chi connectivity index (χ1v) is 6.01. The van der Waals surface area contributed by atoms with Crippen molar-refractivity contribution in [2.45, 2.75) is 19.4 Å². The molecular formula is C13H18ClN3O2. The van der Waals surface area contributed by atoms with Gasteiger partial charge in [-0.15, -0.1) is 12.4 Å². The van der Waals surface area contributed by atoms with Gasteiger partial charge in [-0.3, -0.25) is 9.59 Å². The van der Waals surface area contributed by atoms with E-state index in [0.29, 0.717) is 19.5 Å². The third-order valence-corrected chi connectivity index (χ3v) is 2.97. The zero-order valence-corrected chi connectivity index (χ0v) is 11.6. The minimum absolute atomic E-state index is 0. The Hall–Kier alpha value is -1.59. The third-order valence-electron chi connectivity index (χ3n) is 2.97. The van der Waals surface area contributed by atoms with Crippen LogP contribution in [0.5, 0.6) is 0 Å². The van der Waals surface area contributed by atoms with Gasteiger partial charge in [0.25, 0.3) is 0 Å². The predicted molar refractivity (Wildman–Crippen MR) is 76.4 cm³/mol. The molecule has 104 valence electrons. The molecule has 0 spiro atoms. The van der Waals surface area contributed by atoms with E-state index in [1.807, 2.05) is 24.3 Å². The lowest BCUT2D eigenvalue weighted by Gasteiger charge is -2.18. The molecule has 5 nitrogen and oxygen atoms in total. The Morgan fingerprint density at radius 2 is 2.16 bits per heavy atom. The maximum atomic E-state index is 11.8. The van der Waals surface area contributed by atoms with E-state index in [2.05, 4.69) is 5.32 Å².